The molecule has 0 aromatic carbocycles. The number of hydrogen-bond donors (Lipinski definition) is 2. The van der Waals surface area contributed by atoms with Crippen molar-refractivity contribution in [2.24, 2.45) is 5.73 Å². The van der Waals surface area contributed by atoms with E-state index in [1.165, 1.54) is 0 Å². The highest BCUT2D eigenvalue weighted by Crippen LogP contribution is 2.02. The molecule has 3 N–H and O–H groups in total. The molecule has 0 aromatic heterocycles. The fraction of sp³-hybridized carbons (Fsp3) is 0.667. The molecule has 2 nitrogen and oxygen atoms in total. The molecule has 0 saturated carbocycles. The topological polar surface area (TPSA) is 46.2 Å². The van der Waals surface area contributed by atoms with E-state index in [1.54, 1.807) is 11.8 Å². The quantitative estimate of drug-likeness (QED) is 0.586. The highest BCUT2D eigenvalue weighted by atomic mass is 32.2. The summed E-state index contributed by atoms with van der Waals surface area (Å²) in [6.07, 6.45) is 2.81. The van der Waals surface area contributed by atoms with E-state index in [0.717, 1.165) is 12.2 Å². The summed E-state index contributed by atoms with van der Waals surface area (Å²) in [5, 5.41) is 8.72. The minimum Gasteiger partial charge on any atom is -0.511 e. The van der Waals surface area contributed by atoms with Gasteiger partial charge in [0.1, 0.15) is 5.76 Å². The minimum absolute atomic E-state index is 0.0871. The van der Waals surface area contributed by atoms with Crippen molar-refractivity contribution in [3.63, 3.8) is 0 Å². The highest BCUT2D eigenvalue weighted by molar-refractivity contribution is 7.98. The molecule has 54 valence electrons. The zero-order valence-corrected chi connectivity index (χ0v) is 6.45. The van der Waals surface area contributed by atoms with Crippen molar-refractivity contribution in [3.05, 3.63) is 12.3 Å². The molecule has 1 atom stereocenters. The monoisotopic (exact) mass is 147 g/mol. The van der Waals surface area contributed by atoms with Crippen LogP contribution in [-0.4, -0.2) is 23.2 Å². The number of rotatable bonds is 4. The molecule has 0 saturated heterocycles. The fourth-order valence-electron chi connectivity index (χ4n) is 0.411. The van der Waals surface area contributed by atoms with Crippen LogP contribution in [0.4, 0.5) is 0 Å². The van der Waals surface area contributed by atoms with Gasteiger partial charge in [-0.1, -0.05) is 6.58 Å². The van der Waals surface area contributed by atoms with E-state index < -0.39 is 0 Å². The van der Waals surface area contributed by atoms with Crippen molar-refractivity contribution in [1.82, 2.24) is 0 Å². The number of aliphatic hydroxyl groups excluding tert-OH is 1. The Labute approximate surface area is 60.1 Å². The van der Waals surface area contributed by atoms with Gasteiger partial charge < -0.3 is 10.8 Å². The maximum atomic E-state index is 8.72. The van der Waals surface area contributed by atoms with Crippen LogP contribution in [0.2, 0.25) is 0 Å². The van der Waals surface area contributed by atoms with Crippen LogP contribution in [0.5, 0.6) is 0 Å². The van der Waals surface area contributed by atoms with Crippen LogP contribution in [0, 0.1) is 0 Å². The van der Waals surface area contributed by atoms with Gasteiger partial charge in [0, 0.05) is 0 Å². The zero-order valence-electron chi connectivity index (χ0n) is 5.63. The first kappa shape index (κ1) is 8.85. The van der Waals surface area contributed by atoms with Crippen molar-refractivity contribution < 1.29 is 5.11 Å². The second-order valence-electron chi connectivity index (χ2n) is 1.88. The molecule has 0 radical (unpaired) electrons. The van der Waals surface area contributed by atoms with Gasteiger partial charge in [0.2, 0.25) is 0 Å². The summed E-state index contributed by atoms with van der Waals surface area (Å²) in [5.41, 5.74) is 5.44. The minimum atomic E-state index is -0.238. The average Bonchev–Trinajstić information content (AvgIpc) is 1.82. The third-order valence-corrected chi connectivity index (χ3v) is 1.70. The fourth-order valence-corrected chi connectivity index (χ4v) is 0.901. The van der Waals surface area contributed by atoms with Gasteiger partial charge in [0.25, 0.3) is 0 Å². The maximum Gasteiger partial charge on any atom is 0.102 e. The first-order valence-corrected chi connectivity index (χ1v) is 4.20. The van der Waals surface area contributed by atoms with Crippen LogP contribution in [0.1, 0.15) is 6.42 Å². The van der Waals surface area contributed by atoms with Gasteiger partial charge in [-0.25, -0.2) is 0 Å². The number of aliphatic hydroxyl groups is 1. The van der Waals surface area contributed by atoms with Gasteiger partial charge >= 0.3 is 0 Å². The molecule has 0 rings (SSSR count). The smallest absolute Gasteiger partial charge is 0.102 e. The lowest BCUT2D eigenvalue weighted by molar-refractivity contribution is 0.367. The molecule has 0 aliphatic heterocycles. The third-order valence-electron chi connectivity index (χ3n) is 1.06. The summed E-state index contributed by atoms with van der Waals surface area (Å²) in [5.74, 6) is 1.06. The molecular formula is C6H13NOS. The lowest BCUT2D eigenvalue weighted by Crippen LogP contribution is -2.22. The molecule has 0 fully saturated rings. The van der Waals surface area contributed by atoms with Gasteiger partial charge in [-0.2, -0.15) is 11.8 Å². The lowest BCUT2D eigenvalue weighted by Gasteiger charge is -2.06. The second-order valence-corrected chi connectivity index (χ2v) is 2.86. The van der Waals surface area contributed by atoms with Crippen molar-refractivity contribution in [3.8, 4) is 0 Å². The Balaban J connectivity index is 3.27. The summed E-state index contributed by atoms with van der Waals surface area (Å²) in [4.78, 5) is 0. The first-order chi connectivity index (χ1) is 4.18. The predicted molar refractivity (Wildman–Crippen MR) is 42.7 cm³/mol. The second kappa shape index (κ2) is 4.70. The molecular weight excluding hydrogens is 134 g/mol. The molecule has 0 aliphatic carbocycles. The highest BCUT2D eigenvalue weighted by Gasteiger charge is 2.02. The molecule has 0 aliphatic rings. The molecule has 0 aromatic rings. The van der Waals surface area contributed by atoms with E-state index in [4.69, 9.17) is 10.8 Å². The molecule has 0 spiro atoms. The summed E-state index contributed by atoms with van der Waals surface area (Å²) >= 11 is 1.72. The van der Waals surface area contributed by atoms with Gasteiger partial charge in [-0.3, -0.25) is 0 Å². The Kier molecular flexibility index (Phi) is 4.62. The normalized spacial score (nSPS) is 13.1. The van der Waals surface area contributed by atoms with Crippen molar-refractivity contribution in [2.75, 3.05) is 12.0 Å². The molecule has 3 heteroatoms. The molecule has 0 bridgehead atoms. The lowest BCUT2D eigenvalue weighted by atomic mass is 10.2. The molecule has 9 heavy (non-hydrogen) atoms. The van der Waals surface area contributed by atoms with E-state index >= 15 is 0 Å². The Bertz CT molecular complexity index is 95.1. The largest absolute Gasteiger partial charge is 0.511 e. The predicted octanol–water partition coefficient (Wildman–Crippen LogP) is 1.14. The van der Waals surface area contributed by atoms with Gasteiger partial charge in [-0.05, 0) is 18.4 Å². The van der Waals surface area contributed by atoms with Crippen LogP contribution in [0.3, 0.4) is 0 Å². The number of thioether (sulfide) groups is 1. The van der Waals surface area contributed by atoms with E-state index in [0.29, 0.717) is 0 Å². The van der Waals surface area contributed by atoms with Crippen LogP contribution < -0.4 is 5.73 Å². The van der Waals surface area contributed by atoms with Crippen molar-refractivity contribution in [2.45, 2.75) is 12.5 Å². The number of nitrogens with two attached hydrogens (primary N) is 1. The van der Waals surface area contributed by atoms with Crippen LogP contribution in [-0.2, 0) is 0 Å². The van der Waals surface area contributed by atoms with E-state index in [9.17, 15) is 0 Å². The summed E-state index contributed by atoms with van der Waals surface area (Å²) < 4.78 is 0. The maximum absolute atomic E-state index is 8.72. The zero-order chi connectivity index (χ0) is 7.28. The van der Waals surface area contributed by atoms with E-state index in [1.807, 2.05) is 6.26 Å². The average molecular weight is 147 g/mol. The third kappa shape index (κ3) is 4.36. The summed E-state index contributed by atoms with van der Waals surface area (Å²) in [6.45, 7) is 3.33. The van der Waals surface area contributed by atoms with Crippen LogP contribution in [0.15, 0.2) is 12.3 Å². The SMILES string of the molecule is C=C(O)[C@@H](N)CCSC. The van der Waals surface area contributed by atoms with Gasteiger partial charge in [-0.15, -0.1) is 0 Å². The summed E-state index contributed by atoms with van der Waals surface area (Å²) in [6, 6.07) is -0.238. The molecule has 0 heterocycles. The van der Waals surface area contributed by atoms with E-state index in [2.05, 4.69) is 6.58 Å². The Morgan fingerprint density at radius 3 is 2.78 bits per heavy atom. The first-order valence-electron chi connectivity index (χ1n) is 2.80. The standard InChI is InChI=1S/C6H13NOS/c1-5(8)6(7)3-4-9-2/h6,8H,1,3-4,7H2,2H3/t6-/m0/s1. The summed E-state index contributed by atoms with van der Waals surface area (Å²) in [7, 11) is 0. The Morgan fingerprint density at radius 1 is 1.89 bits per heavy atom. The van der Waals surface area contributed by atoms with Crippen molar-refractivity contribution >= 4 is 11.8 Å². The van der Waals surface area contributed by atoms with Crippen molar-refractivity contribution in [1.29, 1.82) is 0 Å². The molecule has 0 unspecified atom stereocenters. The molecule has 0 amide bonds. The van der Waals surface area contributed by atoms with Gasteiger partial charge in [0.05, 0.1) is 6.04 Å². The Morgan fingerprint density at radius 2 is 2.44 bits per heavy atom. The Hall–Kier alpha value is -0.150. The number of hydrogen-bond acceptors (Lipinski definition) is 3. The van der Waals surface area contributed by atoms with Crippen LogP contribution in [0.25, 0.3) is 0 Å². The van der Waals surface area contributed by atoms with Crippen LogP contribution >= 0.6 is 11.8 Å². The van der Waals surface area contributed by atoms with Gasteiger partial charge in [0.15, 0.2) is 0 Å². The van der Waals surface area contributed by atoms with E-state index in [-0.39, 0.29) is 11.8 Å².